The summed E-state index contributed by atoms with van der Waals surface area (Å²) in [5, 5.41) is 0. The molecule has 2 heterocycles. The Morgan fingerprint density at radius 2 is 1.79 bits per heavy atom. The van der Waals surface area contributed by atoms with Gasteiger partial charge in [0.2, 0.25) is 5.78 Å². The second kappa shape index (κ2) is 8.88. The Morgan fingerprint density at radius 1 is 1.00 bits per heavy atom. The van der Waals surface area contributed by atoms with Gasteiger partial charge in [-0.15, -0.1) is 0 Å². The van der Waals surface area contributed by atoms with E-state index in [4.69, 9.17) is 18.9 Å². The van der Waals surface area contributed by atoms with Crippen LogP contribution in [0.1, 0.15) is 38.2 Å². The minimum absolute atomic E-state index is 0.0961. The van der Waals surface area contributed by atoms with Gasteiger partial charge in [-0.3, -0.25) is 9.69 Å². The molecule has 0 radical (unpaired) electrons. The number of benzene rings is 3. The molecule has 34 heavy (non-hydrogen) atoms. The molecule has 174 valence electrons. The van der Waals surface area contributed by atoms with Crippen LogP contribution in [0.2, 0.25) is 0 Å². The van der Waals surface area contributed by atoms with E-state index in [1.807, 2.05) is 68.5 Å². The molecule has 2 aliphatic heterocycles. The van der Waals surface area contributed by atoms with Gasteiger partial charge in [0.1, 0.15) is 18.2 Å². The van der Waals surface area contributed by atoms with Crippen LogP contribution in [-0.2, 0) is 13.1 Å². The number of methoxy groups -OCH3 is 2. The highest BCUT2D eigenvalue weighted by Gasteiger charge is 2.33. The van der Waals surface area contributed by atoms with Crippen LogP contribution in [0.3, 0.4) is 0 Å². The van der Waals surface area contributed by atoms with Crippen LogP contribution in [0.5, 0.6) is 23.0 Å². The number of carbonyl (C=O) groups is 1. The number of hydrogen-bond donors (Lipinski definition) is 0. The average Bonchev–Trinajstić information content (AvgIpc) is 3.16. The summed E-state index contributed by atoms with van der Waals surface area (Å²) in [6, 6.07) is 15.7. The van der Waals surface area contributed by atoms with E-state index >= 15 is 0 Å². The third-order valence-electron chi connectivity index (χ3n) is 6.33. The molecule has 0 aliphatic carbocycles. The zero-order valence-corrected chi connectivity index (χ0v) is 19.8. The molecule has 6 nitrogen and oxygen atoms in total. The van der Waals surface area contributed by atoms with Crippen molar-refractivity contribution in [3.05, 3.63) is 87.7 Å². The first-order valence-electron chi connectivity index (χ1n) is 11.2. The van der Waals surface area contributed by atoms with Crippen LogP contribution in [0.4, 0.5) is 0 Å². The normalized spacial score (nSPS) is 16.0. The minimum Gasteiger partial charge on any atom is -0.493 e. The molecular formula is C28H27NO5. The largest absolute Gasteiger partial charge is 0.493 e. The Morgan fingerprint density at radius 3 is 2.56 bits per heavy atom. The zero-order valence-electron chi connectivity index (χ0n) is 19.8. The van der Waals surface area contributed by atoms with E-state index in [0.717, 1.165) is 33.6 Å². The van der Waals surface area contributed by atoms with Crippen molar-refractivity contribution < 1.29 is 23.7 Å². The molecule has 0 aromatic heterocycles. The van der Waals surface area contributed by atoms with E-state index in [0.29, 0.717) is 48.4 Å². The molecule has 5 rings (SSSR count). The lowest BCUT2D eigenvalue weighted by Crippen LogP contribution is -2.32. The SMILES string of the molecule is COc1ccc(CN2COc3c(cc4c(c3C)O/C(=C\c3ccccc3C)C4=O)C2)cc1OC. The highest BCUT2D eigenvalue weighted by atomic mass is 16.5. The lowest BCUT2D eigenvalue weighted by atomic mass is 9.99. The van der Waals surface area contributed by atoms with Gasteiger partial charge in [-0.2, -0.15) is 0 Å². The van der Waals surface area contributed by atoms with E-state index < -0.39 is 0 Å². The minimum atomic E-state index is -0.0961. The Hall–Kier alpha value is -3.77. The number of nitrogens with zero attached hydrogens (tertiary/aromatic N) is 1. The van der Waals surface area contributed by atoms with Crippen LogP contribution in [0.25, 0.3) is 6.08 Å². The maximum Gasteiger partial charge on any atom is 0.231 e. The van der Waals surface area contributed by atoms with Crippen molar-refractivity contribution in [3.8, 4) is 23.0 Å². The van der Waals surface area contributed by atoms with Crippen LogP contribution >= 0.6 is 0 Å². The van der Waals surface area contributed by atoms with E-state index in [2.05, 4.69) is 4.90 Å². The number of ether oxygens (including phenoxy) is 4. The second-order valence-corrected chi connectivity index (χ2v) is 8.61. The number of aryl methyl sites for hydroxylation is 1. The molecule has 0 bridgehead atoms. The predicted octanol–water partition coefficient (Wildman–Crippen LogP) is 5.29. The van der Waals surface area contributed by atoms with Gasteiger partial charge in [-0.25, -0.2) is 0 Å². The number of allylic oxidation sites excluding steroid dienone is 1. The number of ketones is 1. The highest BCUT2D eigenvalue weighted by Crippen LogP contribution is 2.43. The molecule has 0 fully saturated rings. The maximum atomic E-state index is 13.2. The quantitative estimate of drug-likeness (QED) is 0.486. The second-order valence-electron chi connectivity index (χ2n) is 8.61. The van der Waals surface area contributed by atoms with Crippen molar-refractivity contribution in [1.82, 2.24) is 4.90 Å². The third kappa shape index (κ3) is 3.90. The van der Waals surface area contributed by atoms with Crippen molar-refractivity contribution in [2.24, 2.45) is 0 Å². The third-order valence-corrected chi connectivity index (χ3v) is 6.33. The van der Waals surface area contributed by atoms with Crippen LogP contribution < -0.4 is 18.9 Å². The standard InChI is InChI=1S/C28H27NO5/c1-17-7-5-6-8-20(17)13-25-26(30)22-12-21-15-29(16-33-27(21)18(2)28(22)34-25)14-19-9-10-23(31-3)24(11-19)32-4/h5-13H,14-16H2,1-4H3/b25-13-. The molecular weight excluding hydrogens is 430 g/mol. The van der Waals surface area contributed by atoms with Crippen molar-refractivity contribution in [3.63, 3.8) is 0 Å². The van der Waals surface area contributed by atoms with Gasteiger partial charge in [0.25, 0.3) is 0 Å². The molecule has 0 spiro atoms. The molecule has 0 unspecified atom stereocenters. The fourth-order valence-electron chi connectivity index (χ4n) is 4.52. The number of hydrogen-bond acceptors (Lipinski definition) is 6. The molecule has 0 saturated carbocycles. The number of rotatable bonds is 5. The molecule has 2 aliphatic rings. The number of fused-ring (bicyclic) bond motifs is 2. The summed E-state index contributed by atoms with van der Waals surface area (Å²) < 4.78 is 22.9. The van der Waals surface area contributed by atoms with E-state index in [1.54, 1.807) is 14.2 Å². The molecule has 0 atom stereocenters. The fourth-order valence-corrected chi connectivity index (χ4v) is 4.52. The van der Waals surface area contributed by atoms with Crippen molar-refractivity contribution in [2.75, 3.05) is 21.0 Å². The molecule has 3 aromatic rings. The first-order valence-corrected chi connectivity index (χ1v) is 11.2. The van der Waals surface area contributed by atoms with Gasteiger partial charge in [-0.05, 0) is 54.8 Å². The van der Waals surface area contributed by atoms with Gasteiger partial charge >= 0.3 is 0 Å². The molecule has 0 N–H and O–H groups in total. The summed E-state index contributed by atoms with van der Waals surface area (Å²) >= 11 is 0. The van der Waals surface area contributed by atoms with Crippen molar-refractivity contribution >= 4 is 11.9 Å². The van der Waals surface area contributed by atoms with Crippen LogP contribution in [0.15, 0.2) is 54.3 Å². The summed E-state index contributed by atoms with van der Waals surface area (Å²) in [5.74, 6) is 3.04. The van der Waals surface area contributed by atoms with E-state index in [9.17, 15) is 4.79 Å². The van der Waals surface area contributed by atoms with E-state index in [-0.39, 0.29) is 5.78 Å². The molecule has 6 heteroatoms. The first-order chi connectivity index (χ1) is 16.5. The summed E-state index contributed by atoms with van der Waals surface area (Å²) in [4.78, 5) is 15.4. The number of carbonyl (C=O) groups excluding carboxylic acids is 1. The van der Waals surface area contributed by atoms with E-state index in [1.165, 1.54) is 0 Å². The molecule has 0 saturated heterocycles. The Bertz CT molecular complexity index is 1310. The predicted molar refractivity (Wildman–Crippen MR) is 130 cm³/mol. The van der Waals surface area contributed by atoms with Gasteiger partial charge in [0, 0.05) is 24.2 Å². The fraction of sp³-hybridized carbons (Fsp3) is 0.250. The zero-order chi connectivity index (χ0) is 23.8. The lowest BCUT2D eigenvalue weighted by molar-refractivity contribution is 0.0876. The van der Waals surface area contributed by atoms with Gasteiger partial charge in [0.05, 0.1) is 19.8 Å². The maximum absolute atomic E-state index is 13.2. The Labute approximate surface area is 199 Å². The Balaban J connectivity index is 1.40. The van der Waals surface area contributed by atoms with Crippen LogP contribution in [0, 0.1) is 13.8 Å². The first kappa shape index (κ1) is 22.0. The summed E-state index contributed by atoms with van der Waals surface area (Å²) in [6.07, 6.45) is 1.82. The van der Waals surface area contributed by atoms with Gasteiger partial charge in [-0.1, -0.05) is 30.3 Å². The van der Waals surface area contributed by atoms with Gasteiger partial charge < -0.3 is 18.9 Å². The van der Waals surface area contributed by atoms with Crippen molar-refractivity contribution in [2.45, 2.75) is 26.9 Å². The van der Waals surface area contributed by atoms with Crippen molar-refractivity contribution in [1.29, 1.82) is 0 Å². The molecule has 0 amide bonds. The molecule has 3 aromatic carbocycles. The highest BCUT2D eigenvalue weighted by molar-refractivity contribution is 6.15. The topological polar surface area (TPSA) is 57.2 Å². The lowest BCUT2D eigenvalue weighted by Gasteiger charge is -2.30. The average molecular weight is 458 g/mol. The summed E-state index contributed by atoms with van der Waals surface area (Å²) in [6.45, 7) is 5.76. The number of Topliss-reactive ketones (excluding diaryl/α,β-unsaturated/α-hetero) is 1. The summed E-state index contributed by atoms with van der Waals surface area (Å²) in [7, 11) is 3.26. The van der Waals surface area contributed by atoms with Gasteiger partial charge in [0.15, 0.2) is 17.3 Å². The smallest absolute Gasteiger partial charge is 0.231 e. The summed E-state index contributed by atoms with van der Waals surface area (Å²) in [5.41, 5.74) is 5.58. The monoisotopic (exact) mass is 457 g/mol. The Kier molecular flexibility index (Phi) is 5.75. The van der Waals surface area contributed by atoms with Crippen LogP contribution in [-0.4, -0.2) is 31.6 Å².